The molecule has 0 spiro atoms. The fourth-order valence-corrected chi connectivity index (χ4v) is 2.18. The molecule has 1 N–H and O–H groups in total. The highest BCUT2D eigenvalue weighted by Crippen LogP contribution is 2.22. The van der Waals surface area contributed by atoms with Gasteiger partial charge >= 0.3 is 0 Å². The van der Waals surface area contributed by atoms with E-state index in [9.17, 15) is 0 Å². The van der Waals surface area contributed by atoms with Crippen molar-refractivity contribution < 1.29 is 0 Å². The number of aryl methyl sites for hydroxylation is 1. The fourth-order valence-electron chi connectivity index (χ4n) is 1.55. The van der Waals surface area contributed by atoms with Gasteiger partial charge in [0.15, 0.2) is 5.13 Å². The molecule has 1 aromatic carbocycles. The van der Waals surface area contributed by atoms with E-state index in [2.05, 4.69) is 35.4 Å². The summed E-state index contributed by atoms with van der Waals surface area (Å²) in [5, 5.41) is 12.6. The minimum Gasteiger partial charge on any atom is -0.332 e. The second-order valence-electron chi connectivity index (χ2n) is 3.71. The predicted octanol–water partition coefficient (Wildman–Crippen LogP) is 3.71. The van der Waals surface area contributed by atoms with Gasteiger partial charge in [-0.3, -0.25) is 0 Å². The first-order chi connectivity index (χ1) is 8.31. The first-order valence-electron chi connectivity index (χ1n) is 5.53. The lowest BCUT2D eigenvalue weighted by Crippen LogP contribution is -1.89. The average molecular weight is 243 g/mol. The van der Waals surface area contributed by atoms with Gasteiger partial charge in [-0.15, -0.1) is 0 Å². The van der Waals surface area contributed by atoms with Gasteiger partial charge in [0.1, 0.15) is 10.9 Å². The number of nitriles is 1. The molecular formula is C13H13N3S. The number of aromatic nitrogens is 1. The lowest BCUT2D eigenvalue weighted by molar-refractivity contribution is 0.922. The highest BCUT2D eigenvalue weighted by molar-refractivity contribution is 7.16. The van der Waals surface area contributed by atoms with Gasteiger partial charge in [0.05, 0.1) is 6.20 Å². The van der Waals surface area contributed by atoms with Gasteiger partial charge in [0.2, 0.25) is 0 Å². The monoisotopic (exact) mass is 243 g/mol. The van der Waals surface area contributed by atoms with Crippen LogP contribution in [0.5, 0.6) is 0 Å². The quantitative estimate of drug-likeness (QED) is 0.890. The number of benzene rings is 1. The molecular weight excluding hydrogens is 230 g/mol. The Labute approximate surface area is 105 Å². The van der Waals surface area contributed by atoms with E-state index in [-0.39, 0.29) is 0 Å². The molecule has 0 saturated carbocycles. The largest absolute Gasteiger partial charge is 0.332 e. The Morgan fingerprint density at radius 1 is 1.35 bits per heavy atom. The molecule has 0 fully saturated rings. The molecule has 0 unspecified atom stereocenters. The SMILES string of the molecule is CCCc1ccc(Nc2ncc(C#N)s2)cc1. The number of rotatable bonds is 4. The summed E-state index contributed by atoms with van der Waals surface area (Å²) in [7, 11) is 0. The molecule has 2 aromatic rings. The molecule has 17 heavy (non-hydrogen) atoms. The lowest BCUT2D eigenvalue weighted by atomic mass is 10.1. The van der Waals surface area contributed by atoms with E-state index in [1.165, 1.54) is 16.9 Å². The zero-order chi connectivity index (χ0) is 12.1. The lowest BCUT2D eigenvalue weighted by Gasteiger charge is -2.03. The number of anilines is 2. The second kappa shape index (κ2) is 5.46. The summed E-state index contributed by atoms with van der Waals surface area (Å²) in [6.45, 7) is 2.17. The van der Waals surface area contributed by atoms with Crippen LogP contribution in [0.1, 0.15) is 23.8 Å². The van der Waals surface area contributed by atoms with E-state index in [1.807, 2.05) is 12.1 Å². The van der Waals surface area contributed by atoms with Crippen LogP contribution < -0.4 is 5.32 Å². The van der Waals surface area contributed by atoms with Crippen molar-refractivity contribution in [2.45, 2.75) is 19.8 Å². The maximum atomic E-state index is 8.71. The molecule has 0 bridgehead atoms. The van der Waals surface area contributed by atoms with Crippen molar-refractivity contribution in [3.63, 3.8) is 0 Å². The Morgan fingerprint density at radius 2 is 2.12 bits per heavy atom. The summed E-state index contributed by atoms with van der Waals surface area (Å²) < 4.78 is 0. The predicted molar refractivity (Wildman–Crippen MR) is 70.5 cm³/mol. The van der Waals surface area contributed by atoms with Crippen molar-refractivity contribution in [2.24, 2.45) is 0 Å². The molecule has 0 radical (unpaired) electrons. The fraction of sp³-hybridized carbons (Fsp3) is 0.231. The van der Waals surface area contributed by atoms with Crippen LogP contribution in [0.2, 0.25) is 0 Å². The number of hydrogen-bond acceptors (Lipinski definition) is 4. The molecule has 1 heterocycles. The minimum atomic E-state index is 0.620. The third-order valence-electron chi connectivity index (χ3n) is 2.36. The van der Waals surface area contributed by atoms with Crippen LogP contribution in [0.4, 0.5) is 10.8 Å². The maximum absolute atomic E-state index is 8.71. The smallest absolute Gasteiger partial charge is 0.188 e. The van der Waals surface area contributed by atoms with Crippen molar-refractivity contribution in [1.82, 2.24) is 4.98 Å². The molecule has 86 valence electrons. The minimum absolute atomic E-state index is 0.620. The Kier molecular flexibility index (Phi) is 3.73. The molecule has 3 nitrogen and oxygen atoms in total. The van der Waals surface area contributed by atoms with Crippen molar-refractivity contribution in [1.29, 1.82) is 5.26 Å². The Hall–Kier alpha value is -1.86. The summed E-state index contributed by atoms with van der Waals surface area (Å²) in [5.74, 6) is 0. The average Bonchev–Trinajstić information content (AvgIpc) is 2.80. The van der Waals surface area contributed by atoms with Gasteiger partial charge in [-0.1, -0.05) is 36.8 Å². The Bertz CT molecular complexity index is 522. The van der Waals surface area contributed by atoms with Crippen molar-refractivity contribution in [3.8, 4) is 6.07 Å². The highest BCUT2D eigenvalue weighted by atomic mass is 32.1. The summed E-state index contributed by atoms with van der Waals surface area (Å²) in [6, 6.07) is 10.4. The summed E-state index contributed by atoms with van der Waals surface area (Å²) in [4.78, 5) is 4.75. The zero-order valence-corrected chi connectivity index (χ0v) is 10.4. The standard InChI is InChI=1S/C13H13N3S/c1-2-3-10-4-6-11(7-5-10)16-13-15-9-12(8-14)17-13/h4-7,9H,2-3H2,1H3,(H,15,16). The van der Waals surface area contributed by atoms with Crippen molar-refractivity contribution in [2.75, 3.05) is 5.32 Å². The molecule has 0 aliphatic heterocycles. The summed E-state index contributed by atoms with van der Waals surface area (Å²) >= 11 is 1.36. The van der Waals surface area contributed by atoms with Gasteiger partial charge in [-0.2, -0.15) is 5.26 Å². The van der Waals surface area contributed by atoms with Gasteiger partial charge < -0.3 is 5.32 Å². The molecule has 0 aliphatic carbocycles. The molecule has 0 aliphatic rings. The van der Waals surface area contributed by atoms with E-state index in [0.29, 0.717) is 4.88 Å². The van der Waals surface area contributed by atoms with Crippen LogP contribution in [-0.2, 0) is 6.42 Å². The zero-order valence-electron chi connectivity index (χ0n) is 9.60. The molecule has 1 aromatic heterocycles. The van der Waals surface area contributed by atoms with E-state index in [4.69, 9.17) is 5.26 Å². The number of thiazole rings is 1. The number of hydrogen-bond donors (Lipinski definition) is 1. The van der Waals surface area contributed by atoms with Gasteiger partial charge in [-0.05, 0) is 24.1 Å². The number of nitrogens with one attached hydrogen (secondary N) is 1. The Morgan fingerprint density at radius 3 is 2.71 bits per heavy atom. The first kappa shape index (κ1) is 11.6. The maximum Gasteiger partial charge on any atom is 0.188 e. The third-order valence-corrected chi connectivity index (χ3v) is 3.18. The molecule has 0 amide bonds. The highest BCUT2D eigenvalue weighted by Gasteiger charge is 2.01. The van der Waals surface area contributed by atoms with Crippen LogP contribution in [0.25, 0.3) is 0 Å². The van der Waals surface area contributed by atoms with Crippen LogP contribution >= 0.6 is 11.3 Å². The summed E-state index contributed by atoms with van der Waals surface area (Å²) in [6.07, 6.45) is 3.85. The van der Waals surface area contributed by atoms with E-state index < -0.39 is 0 Å². The van der Waals surface area contributed by atoms with E-state index >= 15 is 0 Å². The normalized spacial score (nSPS) is 9.88. The van der Waals surface area contributed by atoms with Gasteiger partial charge in [0.25, 0.3) is 0 Å². The molecule has 0 saturated heterocycles. The third kappa shape index (κ3) is 3.05. The molecule has 0 atom stereocenters. The topological polar surface area (TPSA) is 48.7 Å². The summed E-state index contributed by atoms with van der Waals surface area (Å²) in [5.41, 5.74) is 2.35. The first-order valence-corrected chi connectivity index (χ1v) is 6.35. The number of nitrogens with zero attached hydrogens (tertiary/aromatic N) is 2. The van der Waals surface area contributed by atoms with E-state index in [0.717, 1.165) is 23.7 Å². The second-order valence-corrected chi connectivity index (χ2v) is 4.74. The van der Waals surface area contributed by atoms with Crippen molar-refractivity contribution >= 4 is 22.2 Å². The van der Waals surface area contributed by atoms with Crippen LogP contribution in [0.15, 0.2) is 30.5 Å². The van der Waals surface area contributed by atoms with Gasteiger partial charge in [-0.25, -0.2) is 4.98 Å². The molecule has 2 rings (SSSR count). The molecule has 4 heteroatoms. The van der Waals surface area contributed by atoms with Crippen LogP contribution in [0, 0.1) is 11.3 Å². The van der Waals surface area contributed by atoms with Crippen LogP contribution in [0.3, 0.4) is 0 Å². The van der Waals surface area contributed by atoms with Gasteiger partial charge in [0, 0.05) is 5.69 Å². The Balaban J connectivity index is 2.06. The van der Waals surface area contributed by atoms with Crippen LogP contribution in [-0.4, -0.2) is 4.98 Å². The van der Waals surface area contributed by atoms with Crippen molar-refractivity contribution in [3.05, 3.63) is 40.9 Å². The van der Waals surface area contributed by atoms with E-state index in [1.54, 1.807) is 6.20 Å².